The molecule has 9 nitrogen and oxygen atoms in total. The maximum Gasteiger partial charge on any atom is 0.270 e. The number of non-ortho nitro benzene ring substituents is 1. The number of amides is 1. The molecule has 0 fully saturated rings. The molecule has 0 radical (unpaired) electrons. The highest BCUT2D eigenvalue weighted by Gasteiger charge is 2.28. The van der Waals surface area contributed by atoms with Crippen LogP contribution in [-0.2, 0) is 14.8 Å². The summed E-state index contributed by atoms with van der Waals surface area (Å²) in [6, 6.07) is 16.7. The molecule has 3 rings (SSSR count). The molecule has 0 saturated carbocycles. The fourth-order valence-electron chi connectivity index (χ4n) is 3.05. The van der Waals surface area contributed by atoms with Gasteiger partial charge in [0.15, 0.2) is 0 Å². The van der Waals surface area contributed by atoms with Crippen LogP contribution in [0.15, 0.2) is 76.7 Å². The number of aryl methyl sites for hydroxylation is 2. The number of rotatable bonds is 8. The highest BCUT2D eigenvalue weighted by molar-refractivity contribution is 7.92. The monoisotopic (exact) mass is 500 g/mol. The number of benzene rings is 3. The summed E-state index contributed by atoms with van der Waals surface area (Å²) in [4.78, 5) is 23.0. The molecule has 0 bridgehead atoms. The Balaban J connectivity index is 1.87. The van der Waals surface area contributed by atoms with E-state index in [0.29, 0.717) is 16.1 Å². The molecule has 0 unspecified atom stereocenters. The van der Waals surface area contributed by atoms with Crippen LogP contribution in [-0.4, -0.2) is 32.0 Å². The van der Waals surface area contributed by atoms with E-state index >= 15 is 0 Å². The zero-order chi connectivity index (χ0) is 24.9. The third-order valence-electron chi connectivity index (χ3n) is 4.82. The number of carbonyl (C=O) groups is 1. The second kappa shape index (κ2) is 10.4. The van der Waals surface area contributed by atoms with Crippen LogP contribution in [0.25, 0.3) is 0 Å². The summed E-state index contributed by atoms with van der Waals surface area (Å²) in [5, 5.41) is 15.0. The Hall–Kier alpha value is -3.76. The van der Waals surface area contributed by atoms with E-state index in [0.717, 1.165) is 9.87 Å². The minimum absolute atomic E-state index is 0.0189. The van der Waals surface area contributed by atoms with Gasteiger partial charge in [-0.1, -0.05) is 47.5 Å². The van der Waals surface area contributed by atoms with E-state index < -0.39 is 27.4 Å². The number of nitro benzene ring substituents is 1. The topological polar surface area (TPSA) is 122 Å². The van der Waals surface area contributed by atoms with E-state index in [4.69, 9.17) is 11.6 Å². The molecule has 3 aromatic rings. The van der Waals surface area contributed by atoms with E-state index in [1.165, 1.54) is 42.6 Å². The van der Waals surface area contributed by atoms with Crippen molar-refractivity contribution >= 4 is 45.1 Å². The summed E-state index contributed by atoms with van der Waals surface area (Å²) in [6.07, 6.45) is 1.23. The Morgan fingerprint density at radius 3 is 2.50 bits per heavy atom. The molecule has 0 heterocycles. The molecule has 1 amide bonds. The quantitative estimate of drug-likeness (QED) is 0.282. The van der Waals surface area contributed by atoms with Crippen molar-refractivity contribution in [1.82, 2.24) is 5.43 Å². The van der Waals surface area contributed by atoms with Crippen LogP contribution in [0.1, 0.15) is 16.7 Å². The Morgan fingerprint density at radius 1 is 1.12 bits per heavy atom. The van der Waals surface area contributed by atoms with Gasteiger partial charge < -0.3 is 0 Å². The number of nitrogens with one attached hydrogen (secondary N) is 1. The van der Waals surface area contributed by atoms with E-state index in [1.54, 1.807) is 37.3 Å². The van der Waals surface area contributed by atoms with Gasteiger partial charge in [0, 0.05) is 22.7 Å². The first kappa shape index (κ1) is 24.9. The number of sulfonamides is 1. The Morgan fingerprint density at radius 2 is 1.82 bits per heavy atom. The Labute approximate surface area is 201 Å². The number of halogens is 1. The number of hydrogen-bond acceptors (Lipinski definition) is 6. The van der Waals surface area contributed by atoms with E-state index in [1.807, 2.05) is 6.92 Å². The Bertz CT molecular complexity index is 1360. The van der Waals surface area contributed by atoms with Gasteiger partial charge in [-0.25, -0.2) is 13.8 Å². The van der Waals surface area contributed by atoms with Crippen molar-refractivity contribution in [3.63, 3.8) is 0 Å². The first-order valence-corrected chi connectivity index (χ1v) is 11.8. The number of hydrogen-bond donors (Lipinski definition) is 1. The third kappa shape index (κ3) is 5.97. The lowest BCUT2D eigenvalue weighted by Crippen LogP contribution is -2.40. The number of nitrogens with zero attached hydrogens (tertiary/aromatic N) is 3. The van der Waals surface area contributed by atoms with Crippen molar-refractivity contribution in [1.29, 1.82) is 0 Å². The van der Waals surface area contributed by atoms with Gasteiger partial charge in [-0.3, -0.25) is 19.2 Å². The van der Waals surface area contributed by atoms with Crippen molar-refractivity contribution in [3.05, 3.63) is 98.6 Å². The lowest BCUT2D eigenvalue weighted by Gasteiger charge is -2.25. The van der Waals surface area contributed by atoms with E-state index in [9.17, 15) is 23.3 Å². The molecule has 34 heavy (non-hydrogen) atoms. The molecule has 1 N–H and O–H groups in total. The summed E-state index contributed by atoms with van der Waals surface area (Å²) < 4.78 is 27.8. The van der Waals surface area contributed by atoms with Crippen molar-refractivity contribution in [2.24, 2.45) is 5.10 Å². The Kier molecular flexibility index (Phi) is 7.64. The zero-order valence-corrected chi connectivity index (χ0v) is 19.9. The van der Waals surface area contributed by atoms with Crippen LogP contribution in [0.4, 0.5) is 11.4 Å². The van der Waals surface area contributed by atoms with Gasteiger partial charge in [0.2, 0.25) is 0 Å². The zero-order valence-electron chi connectivity index (χ0n) is 18.3. The van der Waals surface area contributed by atoms with Crippen LogP contribution < -0.4 is 9.73 Å². The first-order chi connectivity index (χ1) is 16.1. The predicted octanol–water partition coefficient (Wildman–Crippen LogP) is 4.21. The summed E-state index contributed by atoms with van der Waals surface area (Å²) in [6.45, 7) is 2.98. The summed E-state index contributed by atoms with van der Waals surface area (Å²) >= 11 is 6.11. The molecule has 0 aliphatic carbocycles. The third-order valence-corrected chi connectivity index (χ3v) is 6.83. The minimum atomic E-state index is -4.11. The molecule has 0 spiro atoms. The van der Waals surface area contributed by atoms with Gasteiger partial charge in [-0.2, -0.15) is 5.10 Å². The van der Waals surface area contributed by atoms with Crippen LogP contribution in [0.5, 0.6) is 0 Å². The van der Waals surface area contributed by atoms with Gasteiger partial charge >= 0.3 is 0 Å². The highest BCUT2D eigenvalue weighted by atomic mass is 35.5. The smallest absolute Gasteiger partial charge is 0.270 e. The number of carbonyl (C=O) groups excluding carboxylic acids is 1. The van der Waals surface area contributed by atoms with Crippen molar-refractivity contribution in [2.45, 2.75) is 18.7 Å². The normalized spacial score (nSPS) is 11.4. The number of hydrazone groups is 1. The van der Waals surface area contributed by atoms with Crippen LogP contribution >= 0.6 is 11.6 Å². The van der Waals surface area contributed by atoms with Crippen LogP contribution in [0, 0.1) is 24.0 Å². The van der Waals surface area contributed by atoms with Gasteiger partial charge in [-0.05, 0) is 43.7 Å². The molecular formula is C23H21ClN4O5S. The SMILES string of the molecule is Cc1ccc(S(=O)(=O)N(CC(=O)N/N=C\c2cccc([N+](=O)[O-])c2)c2cc(Cl)ccc2C)cc1. The molecule has 11 heteroatoms. The molecule has 0 aliphatic rings. The number of nitro groups is 1. The largest absolute Gasteiger partial charge is 0.271 e. The van der Waals surface area contributed by atoms with Crippen molar-refractivity contribution in [3.8, 4) is 0 Å². The predicted molar refractivity (Wildman–Crippen MR) is 131 cm³/mol. The van der Waals surface area contributed by atoms with Crippen LogP contribution in [0.2, 0.25) is 5.02 Å². The van der Waals surface area contributed by atoms with Gasteiger partial charge in [0.25, 0.3) is 21.6 Å². The molecule has 0 atom stereocenters. The first-order valence-electron chi connectivity index (χ1n) is 10.00. The molecule has 0 aromatic heterocycles. The van der Waals surface area contributed by atoms with Gasteiger partial charge in [0.05, 0.1) is 21.7 Å². The molecule has 176 valence electrons. The standard InChI is InChI=1S/C23H21ClN4O5S/c1-16-6-10-21(11-7-16)34(32,33)27(22-13-19(24)9-8-17(22)2)15-23(29)26-25-14-18-4-3-5-20(12-18)28(30)31/h3-14H,15H2,1-2H3,(H,26,29)/b25-14-. The maximum atomic E-state index is 13.4. The van der Waals surface area contributed by atoms with Gasteiger partial charge in [-0.15, -0.1) is 0 Å². The lowest BCUT2D eigenvalue weighted by atomic mass is 10.2. The van der Waals surface area contributed by atoms with E-state index in [2.05, 4.69) is 10.5 Å². The minimum Gasteiger partial charge on any atom is -0.271 e. The summed E-state index contributed by atoms with van der Waals surface area (Å²) in [5.74, 6) is -0.711. The van der Waals surface area contributed by atoms with Gasteiger partial charge in [0.1, 0.15) is 6.54 Å². The van der Waals surface area contributed by atoms with E-state index in [-0.39, 0.29) is 16.3 Å². The molecular weight excluding hydrogens is 480 g/mol. The average molecular weight is 501 g/mol. The van der Waals surface area contributed by atoms with Crippen molar-refractivity contribution in [2.75, 3.05) is 10.8 Å². The second-order valence-electron chi connectivity index (χ2n) is 7.40. The summed E-state index contributed by atoms with van der Waals surface area (Å²) in [5.41, 5.74) is 4.28. The molecule has 3 aromatic carbocycles. The average Bonchev–Trinajstić information content (AvgIpc) is 2.79. The second-order valence-corrected chi connectivity index (χ2v) is 9.70. The fourth-order valence-corrected chi connectivity index (χ4v) is 4.70. The fraction of sp³-hybridized carbons (Fsp3) is 0.130. The summed E-state index contributed by atoms with van der Waals surface area (Å²) in [7, 11) is -4.11. The maximum absolute atomic E-state index is 13.4. The van der Waals surface area contributed by atoms with Crippen LogP contribution in [0.3, 0.4) is 0 Å². The molecule has 0 aliphatic heterocycles. The van der Waals surface area contributed by atoms with Crippen molar-refractivity contribution < 1.29 is 18.1 Å². The number of anilines is 1. The highest BCUT2D eigenvalue weighted by Crippen LogP contribution is 2.29. The lowest BCUT2D eigenvalue weighted by molar-refractivity contribution is -0.384. The molecule has 0 saturated heterocycles.